The summed E-state index contributed by atoms with van der Waals surface area (Å²) >= 11 is 0. The number of nitrogens with one attached hydrogen (secondary N) is 2. The van der Waals surface area contributed by atoms with Crippen LogP contribution in [0.1, 0.15) is 28.4 Å². The molecule has 0 saturated carbocycles. The van der Waals surface area contributed by atoms with Crippen LogP contribution in [0.2, 0.25) is 0 Å². The van der Waals surface area contributed by atoms with Crippen molar-refractivity contribution in [3.05, 3.63) is 59.3 Å². The monoisotopic (exact) mass is 508 g/mol. The third-order valence-corrected chi connectivity index (χ3v) is 8.42. The average molecular weight is 509 g/mol. The summed E-state index contributed by atoms with van der Waals surface area (Å²) < 4.78 is 25.2. The number of hydrogen-bond donors (Lipinski definition) is 3. The molecule has 9 heteroatoms. The molecule has 36 heavy (non-hydrogen) atoms. The molecule has 0 aliphatic carbocycles. The first-order valence-corrected chi connectivity index (χ1v) is 13.5. The highest BCUT2D eigenvalue weighted by Crippen LogP contribution is 2.38. The summed E-state index contributed by atoms with van der Waals surface area (Å²) in [5.41, 5.74) is 5.16. The van der Waals surface area contributed by atoms with Crippen molar-refractivity contribution in [1.82, 2.24) is 20.2 Å². The molecule has 8 nitrogen and oxygen atoms in total. The van der Waals surface area contributed by atoms with E-state index in [1.54, 1.807) is 31.3 Å². The van der Waals surface area contributed by atoms with E-state index in [9.17, 15) is 18.3 Å². The van der Waals surface area contributed by atoms with Crippen molar-refractivity contribution in [1.29, 1.82) is 0 Å². The molecule has 0 radical (unpaired) electrons. The average Bonchev–Trinajstić information content (AvgIpc) is 3.23. The highest BCUT2D eigenvalue weighted by Gasteiger charge is 2.22. The van der Waals surface area contributed by atoms with Gasteiger partial charge in [-0.3, -0.25) is 4.79 Å². The molecule has 0 aliphatic heterocycles. The zero-order valence-electron chi connectivity index (χ0n) is 21.2. The smallest absolute Gasteiger partial charge is 0.251 e. The molecule has 0 fully saturated rings. The summed E-state index contributed by atoms with van der Waals surface area (Å²) in [6.45, 7) is 5.68. The molecule has 4 aromatic rings. The maximum absolute atomic E-state index is 13.3. The number of aryl methyl sites for hydroxylation is 2. The molecule has 0 saturated heterocycles. The van der Waals surface area contributed by atoms with Crippen molar-refractivity contribution < 1.29 is 18.3 Å². The van der Waals surface area contributed by atoms with Crippen LogP contribution in [-0.4, -0.2) is 73.3 Å². The molecule has 4 rings (SSSR count). The SMILES string of the molecule is CCS(=O)(=O)c1cccc(-c2cc(C(=O)NCC(CO)N(C)C)c(C)c3[nH]c4ncc(C)cc4c23)c1. The van der Waals surface area contributed by atoms with Gasteiger partial charge in [-0.15, -0.1) is 0 Å². The molecule has 0 aliphatic rings. The van der Waals surface area contributed by atoms with Gasteiger partial charge in [0.1, 0.15) is 5.65 Å². The Balaban J connectivity index is 1.95. The van der Waals surface area contributed by atoms with Gasteiger partial charge in [0.25, 0.3) is 5.91 Å². The van der Waals surface area contributed by atoms with Gasteiger partial charge in [0.2, 0.25) is 0 Å². The second kappa shape index (κ2) is 10.0. The van der Waals surface area contributed by atoms with E-state index in [0.717, 1.165) is 33.0 Å². The topological polar surface area (TPSA) is 115 Å². The Labute approximate surface area is 211 Å². The summed E-state index contributed by atoms with van der Waals surface area (Å²) in [5, 5.41) is 14.4. The third kappa shape index (κ3) is 4.74. The van der Waals surface area contributed by atoms with Gasteiger partial charge in [0.15, 0.2) is 9.84 Å². The van der Waals surface area contributed by atoms with Gasteiger partial charge in [-0.05, 0) is 74.5 Å². The number of aliphatic hydroxyl groups excluding tert-OH is 1. The summed E-state index contributed by atoms with van der Waals surface area (Å²) in [5.74, 6) is -0.266. The number of amides is 1. The minimum absolute atomic E-state index is 0.00150. The highest BCUT2D eigenvalue weighted by molar-refractivity contribution is 7.91. The lowest BCUT2D eigenvalue weighted by Crippen LogP contribution is -2.42. The first kappa shape index (κ1) is 25.8. The van der Waals surface area contributed by atoms with E-state index in [2.05, 4.69) is 15.3 Å². The quantitative estimate of drug-likeness (QED) is 0.336. The molecule has 1 unspecified atom stereocenters. The van der Waals surface area contributed by atoms with Crippen LogP contribution < -0.4 is 5.32 Å². The van der Waals surface area contributed by atoms with Gasteiger partial charge < -0.3 is 20.3 Å². The number of likely N-dealkylation sites (N-methyl/N-ethyl adjacent to an activating group) is 1. The predicted molar refractivity (Wildman–Crippen MR) is 143 cm³/mol. The molecule has 190 valence electrons. The van der Waals surface area contributed by atoms with Crippen LogP contribution in [0, 0.1) is 13.8 Å². The van der Waals surface area contributed by atoms with Crippen molar-refractivity contribution in [3.63, 3.8) is 0 Å². The molecule has 0 bridgehead atoms. The molecule has 0 spiro atoms. The van der Waals surface area contributed by atoms with E-state index in [1.807, 2.05) is 51.0 Å². The Morgan fingerprint density at radius 3 is 2.61 bits per heavy atom. The standard InChI is InChI=1S/C27H32N4O4S/c1-6-36(34,35)20-9-7-8-18(11-20)22-12-21(27(33)29-14-19(15-32)31(4)5)17(3)25-24(22)23-10-16(2)13-28-26(23)30-25/h7-13,19,32H,6,14-15H2,1-5H3,(H,28,30)(H,29,33). The maximum Gasteiger partial charge on any atom is 0.251 e. The summed E-state index contributed by atoms with van der Waals surface area (Å²) in [6.07, 6.45) is 1.78. The van der Waals surface area contributed by atoms with Crippen LogP contribution in [0.3, 0.4) is 0 Å². The largest absolute Gasteiger partial charge is 0.395 e. The number of rotatable bonds is 8. The number of carbonyl (C=O) groups excluding carboxylic acids is 1. The Bertz CT molecular complexity index is 1560. The highest BCUT2D eigenvalue weighted by atomic mass is 32.2. The van der Waals surface area contributed by atoms with Crippen LogP contribution in [0.5, 0.6) is 0 Å². The number of benzene rings is 2. The fourth-order valence-corrected chi connectivity index (χ4v) is 5.32. The lowest BCUT2D eigenvalue weighted by molar-refractivity contribution is 0.0927. The van der Waals surface area contributed by atoms with Crippen LogP contribution in [-0.2, 0) is 9.84 Å². The zero-order chi connectivity index (χ0) is 26.2. The van der Waals surface area contributed by atoms with Crippen molar-refractivity contribution in [3.8, 4) is 11.1 Å². The number of sulfone groups is 1. The number of aromatic amines is 1. The van der Waals surface area contributed by atoms with Crippen molar-refractivity contribution in [2.75, 3.05) is 33.0 Å². The van der Waals surface area contributed by atoms with Gasteiger partial charge in [-0.2, -0.15) is 0 Å². The number of fused-ring (bicyclic) bond motifs is 3. The van der Waals surface area contributed by atoms with Crippen LogP contribution in [0.15, 0.2) is 47.5 Å². The third-order valence-electron chi connectivity index (χ3n) is 6.69. The van der Waals surface area contributed by atoms with Crippen LogP contribution in [0.25, 0.3) is 33.1 Å². The van der Waals surface area contributed by atoms with Crippen molar-refractivity contribution >= 4 is 37.7 Å². The number of hydrogen-bond acceptors (Lipinski definition) is 6. The summed E-state index contributed by atoms with van der Waals surface area (Å²) in [7, 11) is 0.284. The number of H-pyrrole nitrogens is 1. The minimum atomic E-state index is -3.41. The van der Waals surface area contributed by atoms with E-state index < -0.39 is 9.84 Å². The summed E-state index contributed by atoms with van der Waals surface area (Å²) in [4.78, 5) is 23.4. The molecular weight excluding hydrogens is 476 g/mol. The Morgan fingerprint density at radius 1 is 1.19 bits per heavy atom. The summed E-state index contributed by atoms with van der Waals surface area (Å²) in [6, 6.07) is 10.5. The molecule has 1 amide bonds. The number of pyridine rings is 1. The first-order valence-electron chi connectivity index (χ1n) is 11.9. The predicted octanol–water partition coefficient (Wildman–Crippen LogP) is 3.45. The van der Waals surface area contributed by atoms with E-state index in [0.29, 0.717) is 16.8 Å². The van der Waals surface area contributed by atoms with Gasteiger partial charge in [0.05, 0.1) is 22.8 Å². The Kier molecular flexibility index (Phi) is 7.17. The second-order valence-electron chi connectivity index (χ2n) is 9.32. The Hall–Kier alpha value is -3.27. The molecular formula is C27H32N4O4S. The first-order chi connectivity index (χ1) is 17.1. The van der Waals surface area contributed by atoms with Crippen LogP contribution >= 0.6 is 0 Å². The molecule has 2 heterocycles. The van der Waals surface area contributed by atoms with Crippen molar-refractivity contribution in [2.45, 2.75) is 31.7 Å². The Morgan fingerprint density at radius 2 is 1.94 bits per heavy atom. The molecule has 2 aromatic carbocycles. The zero-order valence-corrected chi connectivity index (χ0v) is 22.0. The molecule has 3 N–H and O–H groups in total. The fraction of sp³-hybridized carbons (Fsp3) is 0.333. The normalized spacial score (nSPS) is 13.0. The fourth-order valence-electron chi connectivity index (χ4n) is 4.40. The van der Waals surface area contributed by atoms with Crippen molar-refractivity contribution in [2.24, 2.45) is 0 Å². The van der Waals surface area contributed by atoms with Gasteiger partial charge >= 0.3 is 0 Å². The van der Waals surface area contributed by atoms with E-state index in [4.69, 9.17) is 0 Å². The number of aromatic nitrogens is 2. The number of aliphatic hydroxyl groups is 1. The molecule has 1 atom stereocenters. The second-order valence-corrected chi connectivity index (χ2v) is 11.6. The van der Waals surface area contributed by atoms with Gasteiger partial charge in [-0.1, -0.05) is 19.1 Å². The lowest BCUT2D eigenvalue weighted by atomic mass is 9.93. The maximum atomic E-state index is 13.3. The number of carbonyl (C=O) groups is 1. The van der Waals surface area contributed by atoms with Crippen LogP contribution in [0.4, 0.5) is 0 Å². The van der Waals surface area contributed by atoms with Gasteiger partial charge in [0, 0.05) is 35.1 Å². The number of nitrogens with zero attached hydrogens (tertiary/aromatic N) is 2. The van der Waals surface area contributed by atoms with E-state index in [-0.39, 0.29) is 35.7 Å². The molecule has 2 aromatic heterocycles. The van der Waals surface area contributed by atoms with E-state index >= 15 is 0 Å². The minimum Gasteiger partial charge on any atom is -0.395 e. The van der Waals surface area contributed by atoms with Gasteiger partial charge in [-0.25, -0.2) is 13.4 Å². The lowest BCUT2D eigenvalue weighted by Gasteiger charge is -2.22. The van der Waals surface area contributed by atoms with E-state index in [1.165, 1.54) is 0 Å².